The minimum absolute atomic E-state index is 0.260. The van der Waals surface area contributed by atoms with Crippen LogP contribution in [0.1, 0.15) is 40.0 Å². The molecule has 1 atom stereocenters. The maximum atomic E-state index is 10.9. The Morgan fingerprint density at radius 3 is 2.43 bits per heavy atom. The molecule has 0 saturated carbocycles. The molecule has 0 bridgehead atoms. The van der Waals surface area contributed by atoms with Gasteiger partial charge in [0, 0.05) is 6.61 Å². The highest BCUT2D eigenvalue weighted by molar-refractivity contribution is 5.83. The van der Waals surface area contributed by atoms with Crippen LogP contribution in [-0.4, -0.2) is 24.2 Å². The molecule has 0 radical (unpaired) electrons. The molecule has 4 heteroatoms. The van der Waals surface area contributed by atoms with Crippen molar-refractivity contribution in [3.63, 3.8) is 0 Å². The molecule has 0 fully saturated rings. The van der Waals surface area contributed by atoms with Crippen molar-refractivity contribution in [1.29, 1.82) is 0 Å². The van der Waals surface area contributed by atoms with E-state index in [4.69, 9.17) is 16.2 Å². The lowest BCUT2D eigenvalue weighted by molar-refractivity contribution is -0.122. The summed E-state index contributed by atoms with van der Waals surface area (Å²) in [6.07, 6.45) is 2.65. The molecular weight excluding hydrogens is 180 g/mol. The summed E-state index contributed by atoms with van der Waals surface area (Å²) in [5, 5.41) is 0. The summed E-state index contributed by atoms with van der Waals surface area (Å²) in [7, 11) is 0. The van der Waals surface area contributed by atoms with E-state index in [0.29, 0.717) is 13.0 Å². The number of hydrogen-bond donors (Lipinski definition) is 2. The molecule has 0 aliphatic carbocycles. The van der Waals surface area contributed by atoms with Crippen LogP contribution in [0.25, 0.3) is 0 Å². The monoisotopic (exact) mass is 202 g/mol. The summed E-state index contributed by atoms with van der Waals surface area (Å²) in [6.45, 7) is 6.37. The number of hydrogen-bond acceptors (Lipinski definition) is 3. The minimum atomic E-state index is -0.877. The van der Waals surface area contributed by atoms with Gasteiger partial charge >= 0.3 is 0 Å². The van der Waals surface area contributed by atoms with Crippen LogP contribution in [0.5, 0.6) is 0 Å². The van der Waals surface area contributed by atoms with E-state index < -0.39 is 11.4 Å². The molecule has 1 unspecified atom stereocenters. The van der Waals surface area contributed by atoms with Crippen molar-refractivity contribution in [2.45, 2.75) is 51.7 Å². The first-order valence-electron chi connectivity index (χ1n) is 5.06. The van der Waals surface area contributed by atoms with Gasteiger partial charge in [0.25, 0.3) is 0 Å². The van der Waals surface area contributed by atoms with Crippen LogP contribution in [0.15, 0.2) is 0 Å². The van der Waals surface area contributed by atoms with Crippen LogP contribution < -0.4 is 11.5 Å². The highest BCUT2D eigenvalue weighted by atomic mass is 16.5. The van der Waals surface area contributed by atoms with Crippen molar-refractivity contribution in [1.82, 2.24) is 0 Å². The molecule has 4 N–H and O–H groups in total. The van der Waals surface area contributed by atoms with Crippen molar-refractivity contribution in [3.8, 4) is 0 Å². The van der Waals surface area contributed by atoms with E-state index in [9.17, 15) is 4.79 Å². The van der Waals surface area contributed by atoms with Crippen LogP contribution in [0.2, 0.25) is 0 Å². The highest BCUT2D eigenvalue weighted by Crippen LogP contribution is 2.10. The third kappa shape index (κ3) is 5.94. The van der Waals surface area contributed by atoms with Crippen LogP contribution in [0, 0.1) is 0 Å². The van der Waals surface area contributed by atoms with Gasteiger partial charge in [0.2, 0.25) is 5.91 Å². The maximum absolute atomic E-state index is 10.9. The first kappa shape index (κ1) is 13.4. The van der Waals surface area contributed by atoms with Crippen molar-refractivity contribution in [3.05, 3.63) is 0 Å². The van der Waals surface area contributed by atoms with Crippen molar-refractivity contribution in [2.75, 3.05) is 6.61 Å². The number of nitrogens with two attached hydrogens (primary N) is 2. The molecule has 0 aliphatic rings. The summed E-state index contributed by atoms with van der Waals surface area (Å²) in [5.74, 6) is -0.442. The van der Waals surface area contributed by atoms with E-state index in [0.717, 1.165) is 12.8 Å². The second kappa shape index (κ2) is 5.98. The molecule has 0 spiro atoms. The number of carbonyl (C=O) groups excluding carboxylic acids is 1. The molecule has 0 aliphatic heterocycles. The van der Waals surface area contributed by atoms with E-state index in [1.54, 1.807) is 6.92 Å². The fourth-order valence-corrected chi connectivity index (χ4v) is 1.04. The fraction of sp³-hybridized carbons (Fsp3) is 0.900. The van der Waals surface area contributed by atoms with Crippen LogP contribution in [0.4, 0.5) is 0 Å². The Balaban J connectivity index is 3.49. The lowest BCUT2D eigenvalue weighted by Gasteiger charge is -2.20. The van der Waals surface area contributed by atoms with Gasteiger partial charge in [0.1, 0.15) is 0 Å². The lowest BCUT2D eigenvalue weighted by atomic mass is 9.96. The summed E-state index contributed by atoms with van der Waals surface area (Å²) >= 11 is 0. The number of carbonyl (C=O) groups is 1. The third-order valence-electron chi connectivity index (χ3n) is 2.10. The topological polar surface area (TPSA) is 78.3 Å². The SMILES string of the molecule is CC(C)OCCCCC(C)(N)C(N)=O. The first-order chi connectivity index (χ1) is 6.36. The Hall–Kier alpha value is -0.610. The standard InChI is InChI=1S/C10H22N2O2/c1-8(2)14-7-5-4-6-10(3,12)9(11)13/h8H,4-7,12H2,1-3H3,(H2,11,13). The summed E-state index contributed by atoms with van der Waals surface area (Å²) in [6, 6.07) is 0. The second-order valence-corrected chi connectivity index (χ2v) is 4.16. The van der Waals surface area contributed by atoms with Crippen molar-refractivity contribution < 1.29 is 9.53 Å². The predicted octanol–water partition coefficient (Wildman–Crippen LogP) is 0.784. The van der Waals surface area contributed by atoms with E-state index in [-0.39, 0.29) is 6.10 Å². The van der Waals surface area contributed by atoms with Gasteiger partial charge in [0.15, 0.2) is 0 Å². The minimum Gasteiger partial charge on any atom is -0.379 e. The van der Waals surface area contributed by atoms with E-state index in [2.05, 4.69) is 0 Å². The molecule has 0 rings (SSSR count). The molecular formula is C10H22N2O2. The van der Waals surface area contributed by atoms with Gasteiger partial charge in [-0.3, -0.25) is 4.79 Å². The Kier molecular flexibility index (Phi) is 5.72. The fourth-order valence-electron chi connectivity index (χ4n) is 1.04. The van der Waals surface area contributed by atoms with E-state index in [1.807, 2.05) is 13.8 Å². The number of unbranched alkanes of at least 4 members (excludes halogenated alkanes) is 1. The Labute approximate surface area is 86.0 Å². The summed E-state index contributed by atoms with van der Waals surface area (Å²) in [4.78, 5) is 10.9. The van der Waals surface area contributed by atoms with Crippen molar-refractivity contribution >= 4 is 5.91 Å². The molecule has 4 nitrogen and oxygen atoms in total. The normalized spacial score (nSPS) is 15.5. The molecule has 1 amide bonds. The zero-order valence-corrected chi connectivity index (χ0v) is 9.38. The number of primary amides is 1. The number of rotatable bonds is 7. The average molecular weight is 202 g/mol. The second-order valence-electron chi connectivity index (χ2n) is 4.16. The molecule has 84 valence electrons. The van der Waals surface area contributed by atoms with Gasteiger partial charge in [-0.2, -0.15) is 0 Å². The summed E-state index contributed by atoms with van der Waals surface area (Å²) in [5.41, 5.74) is 9.95. The molecule has 14 heavy (non-hydrogen) atoms. The van der Waals surface area contributed by atoms with Crippen LogP contribution in [0.3, 0.4) is 0 Å². The van der Waals surface area contributed by atoms with Gasteiger partial charge < -0.3 is 16.2 Å². The number of ether oxygens (including phenoxy) is 1. The smallest absolute Gasteiger partial charge is 0.237 e. The zero-order chi connectivity index (χ0) is 11.2. The third-order valence-corrected chi connectivity index (χ3v) is 2.10. The largest absolute Gasteiger partial charge is 0.379 e. The average Bonchev–Trinajstić information content (AvgIpc) is 2.02. The van der Waals surface area contributed by atoms with Crippen LogP contribution >= 0.6 is 0 Å². The maximum Gasteiger partial charge on any atom is 0.237 e. The van der Waals surface area contributed by atoms with Crippen molar-refractivity contribution in [2.24, 2.45) is 11.5 Å². The number of amides is 1. The molecule has 0 aromatic rings. The van der Waals surface area contributed by atoms with Gasteiger partial charge in [-0.25, -0.2) is 0 Å². The van der Waals surface area contributed by atoms with Gasteiger partial charge in [0.05, 0.1) is 11.6 Å². The Bertz CT molecular complexity index is 179. The molecule has 0 heterocycles. The quantitative estimate of drug-likeness (QED) is 0.599. The van der Waals surface area contributed by atoms with E-state index in [1.165, 1.54) is 0 Å². The summed E-state index contributed by atoms with van der Waals surface area (Å²) < 4.78 is 5.36. The zero-order valence-electron chi connectivity index (χ0n) is 9.38. The Morgan fingerprint density at radius 2 is 2.00 bits per heavy atom. The molecule has 0 aromatic carbocycles. The van der Waals surface area contributed by atoms with Gasteiger partial charge in [-0.15, -0.1) is 0 Å². The first-order valence-corrected chi connectivity index (χ1v) is 5.06. The highest BCUT2D eigenvalue weighted by Gasteiger charge is 2.24. The molecule has 0 saturated heterocycles. The van der Waals surface area contributed by atoms with Crippen LogP contribution in [-0.2, 0) is 9.53 Å². The predicted molar refractivity (Wildman–Crippen MR) is 56.7 cm³/mol. The van der Waals surface area contributed by atoms with E-state index >= 15 is 0 Å². The Morgan fingerprint density at radius 1 is 1.43 bits per heavy atom. The van der Waals surface area contributed by atoms with Gasteiger partial charge in [-0.1, -0.05) is 0 Å². The lowest BCUT2D eigenvalue weighted by Crippen LogP contribution is -2.49. The molecule has 0 aromatic heterocycles. The van der Waals surface area contributed by atoms with Gasteiger partial charge in [-0.05, 0) is 40.0 Å².